The van der Waals surface area contributed by atoms with Crippen LogP contribution < -0.4 is 10.0 Å². The molecular weight excluding hydrogens is 356 g/mol. The Morgan fingerprint density at radius 1 is 1.43 bits per heavy atom. The Morgan fingerprint density at radius 3 is 2.90 bits per heavy atom. The van der Waals surface area contributed by atoms with Crippen LogP contribution in [0.2, 0.25) is 0 Å². The van der Waals surface area contributed by atoms with Gasteiger partial charge in [0.05, 0.1) is 0 Å². The van der Waals surface area contributed by atoms with E-state index in [1.807, 2.05) is 6.92 Å². The average Bonchev–Trinajstić information content (AvgIpc) is 2.47. The number of aromatic nitrogens is 1. The van der Waals surface area contributed by atoms with Gasteiger partial charge in [0, 0.05) is 29.8 Å². The van der Waals surface area contributed by atoms with Crippen molar-refractivity contribution in [2.24, 2.45) is 0 Å². The first-order valence-corrected chi connectivity index (χ1v) is 9.38. The molecule has 118 valence electrons. The Kier molecular flexibility index (Phi) is 5.98. The quantitative estimate of drug-likeness (QED) is 0.795. The van der Waals surface area contributed by atoms with Gasteiger partial charge in [0.25, 0.3) is 0 Å². The lowest BCUT2D eigenvalue weighted by Gasteiger charge is -2.34. The van der Waals surface area contributed by atoms with Crippen LogP contribution >= 0.6 is 15.9 Å². The zero-order valence-corrected chi connectivity index (χ0v) is 14.5. The van der Waals surface area contributed by atoms with Gasteiger partial charge in [-0.25, -0.2) is 4.98 Å². The van der Waals surface area contributed by atoms with Gasteiger partial charge in [0.15, 0.2) is 0 Å². The molecule has 21 heavy (non-hydrogen) atoms. The largest absolute Gasteiger partial charge is 0.315 e. The Bertz CT molecular complexity index is 550. The number of likely N-dealkylation sites (N-methyl/N-ethyl adjacent to an activating group) is 1. The highest BCUT2D eigenvalue weighted by atomic mass is 79.9. The van der Waals surface area contributed by atoms with Gasteiger partial charge in [-0.1, -0.05) is 13.3 Å². The first kappa shape index (κ1) is 16.7. The standard InChI is InChI=1S/C13H21BrN4O2S/c1-2-15-10-12-5-3-4-8-18(12)21(19,20)17-13-7-6-11(14)9-16-13/h6-7,9,12,15H,2-5,8,10H2,1H3,(H,16,17). The molecule has 0 bridgehead atoms. The summed E-state index contributed by atoms with van der Waals surface area (Å²) in [7, 11) is -3.56. The van der Waals surface area contributed by atoms with Gasteiger partial charge < -0.3 is 5.32 Å². The Labute approximate surface area is 134 Å². The zero-order chi connectivity index (χ0) is 15.3. The highest BCUT2D eigenvalue weighted by Crippen LogP contribution is 2.21. The first-order chi connectivity index (χ1) is 10.0. The molecule has 2 heterocycles. The fourth-order valence-corrected chi connectivity index (χ4v) is 4.11. The van der Waals surface area contributed by atoms with Crippen LogP contribution in [0.1, 0.15) is 26.2 Å². The van der Waals surface area contributed by atoms with Gasteiger partial charge in [-0.05, 0) is 47.4 Å². The maximum absolute atomic E-state index is 12.5. The summed E-state index contributed by atoms with van der Waals surface area (Å²) in [6.07, 6.45) is 4.43. The molecule has 1 aliphatic heterocycles. The van der Waals surface area contributed by atoms with Crippen LogP contribution in [0.25, 0.3) is 0 Å². The summed E-state index contributed by atoms with van der Waals surface area (Å²) in [6.45, 7) is 4.10. The minimum atomic E-state index is -3.56. The molecule has 0 amide bonds. The van der Waals surface area contributed by atoms with Gasteiger partial charge in [0.1, 0.15) is 5.82 Å². The number of rotatable bonds is 6. The van der Waals surface area contributed by atoms with Gasteiger partial charge in [0.2, 0.25) is 0 Å². The van der Waals surface area contributed by atoms with E-state index in [4.69, 9.17) is 0 Å². The van der Waals surface area contributed by atoms with Crippen LogP contribution in [-0.4, -0.2) is 43.4 Å². The van der Waals surface area contributed by atoms with E-state index < -0.39 is 10.2 Å². The van der Waals surface area contributed by atoms with E-state index in [9.17, 15) is 8.42 Å². The molecule has 2 N–H and O–H groups in total. The predicted molar refractivity (Wildman–Crippen MR) is 87.4 cm³/mol. The lowest BCUT2D eigenvalue weighted by atomic mass is 10.1. The molecule has 1 fully saturated rings. The topological polar surface area (TPSA) is 74.3 Å². The van der Waals surface area contributed by atoms with Gasteiger partial charge in [-0.15, -0.1) is 0 Å². The lowest BCUT2D eigenvalue weighted by molar-refractivity contribution is 0.248. The monoisotopic (exact) mass is 376 g/mol. The third kappa shape index (κ3) is 4.64. The molecule has 1 saturated heterocycles. The van der Waals surface area contributed by atoms with Gasteiger partial charge in [-0.3, -0.25) is 4.72 Å². The highest BCUT2D eigenvalue weighted by molar-refractivity contribution is 9.10. The van der Waals surface area contributed by atoms with Crippen LogP contribution in [0.4, 0.5) is 5.82 Å². The van der Waals surface area contributed by atoms with Crippen molar-refractivity contribution in [3.63, 3.8) is 0 Å². The van der Waals surface area contributed by atoms with Gasteiger partial charge in [-0.2, -0.15) is 12.7 Å². The Balaban J connectivity index is 2.10. The van der Waals surface area contributed by atoms with E-state index in [1.54, 1.807) is 22.6 Å². The number of hydrogen-bond acceptors (Lipinski definition) is 4. The minimum Gasteiger partial charge on any atom is -0.315 e. The molecule has 1 atom stereocenters. The summed E-state index contributed by atoms with van der Waals surface area (Å²) in [4.78, 5) is 4.07. The van der Waals surface area contributed by atoms with Crippen LogP contribution in [-0.2, 0) is 10.2 Å². The van der Waals surface area contributed by atoms with Crippen LogP contribution in [0, 0.1) is 0 Å². The summed E-state index contributed by atoms with van der Waals surface area (Å²) in [5.74, 6) is 0.339. The molecular formula is C13H21BrN4O2S. The molecule has 0 saturated carbocycles. The number of anilines is 1. The molecule has 1 aliphatic rings. The fourth-order valence-electron chi connectivity index (χ4n) is 2.43. The Morgan fingerprint density at radius 2 is 2.24 bits per heavy atom. The fraction of sp³-hybridized carbons (Fsp3) is 0.615. The van der Waals surface area contributed by atoms with Crippen LogP contribution in [0.5, 0.6) is 0 Å². The average molecular weight is 377 g/mol. The second kappa shape index (κ2) is 7.53. The molecule has 1 unspecified atom stereocenters. The highest BCUT2D eigenvalue weighted by Gasteiger charge is 2.32. The molecule has 8 heteroatoms. The smallest absolute Gasteiger partial charge is 0.303 e. The third-order valence-electron chi connectivity index (χ3n) is 3.47. The summed E-state index contributed by atoms with van der Waals surface area (Å²) in [6, 6.07) is 3.41. The van der Waals surface area contributed by atoms with Crippen molar-refractivity contribution in [2.75, 3.05) is 24.4 Å². The minimum absolute atomic E-state index is 0.00616. The molecule has 0 spiro atoms. The van der Waals surface area contributed by atoms with Crippen molar-refractivity contribution in [1.29, 1.82) is 0 Å². The summed E-state index contributed by atoms with van der Waals surface area (Å²) >= 11 is 3.28. The molecule has 6 nitrogen and oxygen atoms in total. The van der Waals surface area contributed by atoms with E-state index in [1.165, 1.54) is 0 Å². The number of hydrogen-bond donors (Lipinski definition) is 2. The van der Waals surface area contributed by atoms with Crippen molar-refractivity contribution < 1.29 is 8.42 Å². The van der Waals surface area contributed by atoms with Gasteiger partial charge >= 0.3 is 10.2 Å². The normalized spacial score (nSPS) is 20.4. The second-order valence-corrected chi connectivity index (χ2v) is 7.58. The molecule has 0 aromatic carbocycles. The third-order valence-corrected chi connectivity index (χ3v) is 5.51. The number of nitrogens with zero attached hydrogens (tertiary/aromatic N) is 2. The van der Waals surface area contributed by atoms with Crippen molar-refractivity contribution >= 4 is 32.0 Å². The van der Waals surface area contributed by atoms with Crippen molar-refractivity contribution in [2.45, 2.75) is 32.2 Å². The zero-order valence-electron chi connectivity index (χ0n) is 12.0. The summed E-state index contributed by atoms with van der Waals surface area (Å²) in [5.41, 5.74) is 0. The molecule has 0 aliphatic carbocycles. The maximum atomic E-state index is 12.5. The molecule has 2 rings (SSSR count). The van der Waals surface area contributed by atoms with E-state index in [0.717, 1.165) is 30.3 Å². The van der Waals surface area contributed by atoms with Crippen molar-refractivity contribution in [1.82, 2.24) is 14.6 Å². The molecule has 1 aromatic rings. The van der Waals surface area contributed by atoms with E-state index in [-0.39, 0.29) is 6.04 Å². The van der Waals surface area contributed by atoms with Crippen molar-refractivity contribution in [3.8, 4) is 0 Å². The number of halogens is 1. The Hall–Kier alpha value is -0.700. The number of piperidine rings is 1. The summed E-state index contributed by atoms with van der Waals surface area (Å²) < 4.78 is 30.0. The van der Waals surface area contributed by atoms with E-state index in [2.05, 4.69) is 31.0 Å². The van der Waals surface area contributed by atoms with Crippen LogP contribution in [0.3, 0.4) is 0 Å². The first-order valence-electron chi connectivity index (χ1n) is 7.15. The molecule has 0 radical (unpaired) electrons. The molecule has 1 aromatic heterocycles. The van der Waals surface area contributed by atoms with Crippen LogP contribution in [0.15, 0.2) is 22.8 Å². The summed E-state index contributed by atoms with van der Waals surface area (Å²) in [5, 5.41) is 3.24. The SMILES string of the molecule is CCNCC1CCCCN1S(=O)(=O)Nc1ccc(Br)cn1. The predicted octanol–water partition coefficient (Wildman–Crippen LogP) is 1.96. The number of pyridine rings is 1. The lowest BCUT2D eigenvalue weighted by Crippen LogP contribution is -2.50. The maximum Gasteiger partial charge on any atom is 0.303 e. The van der Waals surface area contributed by atoms with Crippen molar-refractivity contribution in [3.05, 3.63) is 22.8 Å². The van der Waals surface area contributed by atoms with E-state index >= 15 is 0 Å². The van der Waals surface area contributed by atoms with E-state index in [0.29, 0.717) is 18.9 Å². The number of nitrogens with one attached hydrogen (secondary N) is 2. The second-order valence-electron chi connectivity index (χ2n) is 5.04.